The van der Waals surface area contributed by atoms with E-state index in [0.29, 0.717) is 40.3 Å². The van der Waals surface area contributed by atoms with Gasteiger partial charge in [0.2, 0.25) is 5.91 Å². The first-order chi connectivity index (χ1) is 14.0. The van der Waals surface area contributed by atoms with E-state index in [1.165, 1.54) is 16.7 Å². The summed E-state index contributed by atoms with van der Waals surface area (Å²) in [7, 11) is 0. The van der Waals surface area contributed by atoms with Crippen molar-refractivity contribution in [2.75, 3.05) is 63.2 Å². The Morgan fingerprint density at radius 3 is 2.62 bits per heavy atom. The summed E-state index contributed by atoms with van der Waals surface area (Å²) in [6, 6.07) is 6.90. The van der Waals surface area contributed by atoms with E-state index in [-0.39, 0.29) is 18.4 Å². The number of anilines is 1. The zero-order chi connectivity index (χ0) is 20.6. The summed E-state index contributed by atoms with van der Waals surface area (Å²) in [5.41, 5.74) is 0.620. The molecule has 158 valence electrons. The van der Waals surface area contributed by atoms with Gasteiger partial charge in [-0.05, 0) is 31.2 Å². The minimum atomic E-state index is -0.238. The van der Waals surface area contributed by atoms with Crippen molar-refractivity contribution in [2.45, 2.75) is 6.92 Å². The summed E-state index contributed by atoms with van der Waals surface area (Å²) >= 11 is 7.44. The molecule has 0 aromatic heterocycles. The predicted molar refractivity (Wildman–Crippen MR) is 115 cm³/mol. The third kappa shape index (κ3) is 6.37. The molecule has 0 aliphatic carbocycles. The second-order valence-electron chi connectivity index (χ2n) is 6.75. The number of nitrogens with zero attached hydrogens (tertiary/aromatic N) is 2. The Labute approximate surface area is 180 Å². The van der Waals surface area contributed by atoms with Gasteiger partial charge in [0, 0.05) is 42.6 Å². The molecular weight excluding hydrogens is 414 g/mol. The largest absolute Gasteiger partial charge is 0.496 e. The fraction of sp³-hybridized carbons (Fsp3) is 0.500. The number of hydrogen-bond acceptors (Lipinski definition) is 6. The van der Waals surface area contributed by atoms with Gasteiger partial charge in [0.05, 0.1) is 19.8 Å². The molecule has 7 nitrogen and oxygen atoms in total. The topological polar surface area (TPSA) is 71.1 Å². The molecule has 0 saturated carbocycles. The monoisotopic (exact) mass is 439 g/mol. The van der Waals surface area contributed by atoms with Gasteiger partial charge in [-0.3, -0.25) is 19.4 Å². The molecule has 0 radical (unpaired) electrons. The highest BCUT2D eigenvalue weighted by Crippen LogP contribution is 2.29. The Hall–Kier alpha value is -1.74. The quantitative estimate of drug-likeness (QED) is 0.701. The average molecular weight is 440 g/mol. The van der Waals surface area contributed by atoms with Gasteiger partial charge in [-0.2, -0.15) is 0 Å². The van der Waals surface area contributed by atoms with Crippen LogP contribution in [0.15, 0.2) is 34.9 Å². The molecule has 1 fully saturated rings. The lowest BCUT2D eigenvalue weighted by Crippen LogP contribution is -2.45. The molecule has 2 aliphatic rings. The highest BCUT2D eigenvalue weighted by atomic mass is 35.5. The van der Waals surface area contributed by atoms with Crippen LogP contribution in [0, 0.1) is 0 Å². The van der Waals surface area contributed by atoms with Gasteiger partial charge in [0.25, 0.3) is 5.91 Å². The average Bonchev–Trinajstić information content (AvgIpc) is 2.73. The third-order valence-electron chi connectivity index (χ3n) is 4.70. The first-order valence-corrected chi connectivity index (χ1v) is 11.0. The number of rotatable bonds is 7. The lowest BCUT2D eigenvalue weighted by atomic mass is 10.2. The Morgan fingerprint density at radius 1 is 1.21 bits per heavy atom. The Bertz CT molecular complexity index is 751. The Morgan fingerprint density at radius 2 is 1.93 bits per heavy atom. The molecule has 1 aromatic carbocycles. The van der Waals surface area contributed by atoms with Crippen LogP contribution in [0.25, 0.3) is 0 Å². The van der Waals surface area contributed by atoms with Crippen LogP contribution in [0.2, 0.25) is 5.02 Å². The first-order valence-electron chi connectivity index (χ1n) is 9.65. The van der Waals surface area contributed by atoms with E-state index >= 15 is 0 Å². The van der Waals surface area contributed by atoms with Crippen molar-refractivity contribution in [1.29, 1.82) is 0 Å². The van der Waals surface area contributed by atoms with Gasteiger partial charge in [0.15, 0.2) is 0 Å². The lowest BCUT2D eigenvalue weighted by molar-refractivity contribution is -0.122. The normalized spacial score (nSPS) is 17.6. The number of hydrogen-bond donors (Lipinski definition) is 1. The van der Waals surface area contributed by atoms with E-state index in [0.717, 1.165) is 32.8 Å². The van der Waals surface area contributed by atoms with Gasteiger partial charge >= 0.3 is 0 Å². The summed E-state index contributed by atoms with van der Waals surface area (Å²) in [6.45, 7) is 6.77. The second-order valence-corrected chi connectivity index (χ2v) is 8.30. The Balaban J connectivity index is 1.65. The Kier molecular flexibility index (Phi) is 8.23. The van der Waals surface area contributed by atoms with Gasteiger partial charge < -0.3 is 14.8 Å². The minimum absolute atomic E-state index is 0.0685. The number of halogens is 1. The number of nitrogens with one attached hydrogen (secondary N) is 1. The number of morpholine rings is 1. The zero-order valence-corrected chi connectivity index (χ0v) is 18.1. The summed E-state index contributed by atoms with van der Waals surface area (Å²) < 4.78 is 10.9. The fourth-order valence-electron chi connectivity index (χ4n) is 3.12. The maximum absolute atomic E-state index is 13.2. The molecule has 3 rings (SSSR count). The van der Waals surface area contributed by atoms with Crippen LogP contribution < -0.4 is 10.2 Å². The van der Waals surface area contributed by atoms with Crippen LogP contribution >= 0.6 is 23.4 Å². The molecular formula is C20H26ClN3O4S. The number of allylic oxidation sites excluding steroid dienone is 1. The molecule has 29 heavy (non-hydrogen) atoms. The van der Waals surface area contributed by atoms with Crippen molar-refractivity contribution in [1.82, 2.24) is 10.2 Å². The van der Waals surface area contributed by atoms with E-state index in [1.807, 2.05) is 0 Å². The number of carbonyl (C=O) groups is 2. The number of benzene rings is 1. The van der Waals surface area contributed by atoms with Crippen molar-refractivity contribution in [3.05, 3.63) is 40.0 Å². The van der Waals surface area contributed by atoms with Gasteiger partial charge in [-0.1, -0.05) is 11.6 Å². The van der Waals surface area contributed by atoms with E-state index in [9.17, 15) is 9.59 Å². The maximum atomic E-state index is 13.2. The molecule has 9 heteroatoms. The molecule has 1 saturated heterocycles. The third-order valence-corrected chi connectivity index (χ3v) is 6.07. The van der Waals surface area contributed by atoms with Crippen molar-refractivity contribution in [3.8, 4) is 0 Å². The van der Waals surface area contributed by atoms with Crippen LogP contribution in [0.5, 0.6) is 0 Å². The number of thioether (sulfide) groups is 1. The van der Waals surface area contributed by atoms with Crippen LogP contribution in [-0.4, -0.2) is 75.0 Å². The van der Waals surface area contributed by atoms with Crippen molar-refractivity contribution < 1.29 is 19.1 Å². The summed E-state index contributed by atoms with van der Waals surface area (Å²) in [5, 5.41) is 3.49. The smallest absolute Gasteiger partial charge is 0.268 e. The summed E-state index contributed by atoms with van der Waals surface area (Å²) in [6.07, 6.45) is 0. The van der Waals surface area contributed by atoms with E-state index in [4.69, 9.17) is 21.1 Å². The predicted octanol–water partition coefficient (Wildman–Crippen LogP) is 2.12. The van der Waals surface area contributed by atoms with Crippen LogP contribution in [0.1, 0.15) is 6.92 Å². The van der Waals surface area contributed by atoms with E-state index in [2.05, 4.69) is 10.2 Å². The number of ether oxygens (including phenoxy) is 2. The molecule has 0 bridgehead atoms. The van der Waals surface area contributed by atoms with E-state index < -0.39 is 0 Å². The van der Waals surface area contributed by atoms with Gasteiger partial charge in [-0.25, -0.2) is 0 Å². The van der Waals surface area contributed by atoms with Crippen molar-refractivity contribution in [2.24, 2.45) is 0 Å². The molecule has 0 atom stereocenters. The molecule has 0 spiro atoms. The zero-order valence-electron chi connectivity index (χ0n) is 16.5. The highest BCUT2D eigenvalue weighted by molar-refractivity contribution is 8.04. The first kappa shape index (κ1) is 22.0. The number of amides is 2. The van der Waals surface area contributed by atoms with Gasteiger partial charge in [-0.15, -0.1) is 11.8 Å². The van der Waals surface area contributed by atoms with Crippen LogP contribution in [-0.2, 0) is 19.1 Å². The number of carbonyl (C=O) groups excluding carboxylic acids is 2. The maximum Gasteiger partial charge on any atom is 0.268 e. The van der Waals surface area contributed by atoms with Crippen LogP contribution in [0.4, 0.5) is 5.69 Å². The summed E-state index contributed by atoms with van der Waals surface area (Å²) in [4.78, 5) is 30.0. The minimum Gasteiger partial charge on any atom is -0.496 e. The SMILES string of the molecule is CC1=C(C(=O)N(CC(=O)NCCN2CCOCC2)c2ccc(Cl)cc2)SCCO1. The molecule has 2 aliphatic heterocycles. The standard InChI is InChI=1S/C20H26ClN3O4S/c1-15-19(29-13-12-28-15)20(26)24(17-4-2-16(21)3-5-17)14-18(25)22-6-7-23-8-10-27-11-9-23/h2-5H,6-14H2,1H3,(H,22,25). The molecule has 2 heterocycles. The molecule has 0 unspecified atom stereocenters. The summed E-state index contributed by atoms with van der Waals surface area (Å²) in [5.74, 6) is 0.857. The molecule has 2 amide bonds. The highest BCUT2D eigenvalue weighted by Gasteiger charge is 2.27. The van der Waals surface area contributed by atoms with Crippen LogP contribution in [0.3, 0.4) is 0 Å². The van der Waals surface area contributed by atoms with E-state index in [1.54, 1.807) is 31.2 Å². The second kappa shape index (κ2) is 10.9. The lowest BCUT2D eigenvalue weighted by Gasteiger charge is -2.27. The van der Waals surface area contributed by atoms with Crippen molar-refractivity contribution >= 4 is 40.9 Å². The van der Waals surface area contributed by atoms with Crippen molar-refractivity contribution in [3.63, 3.8) is 0 Å². The fourth-order valence-corrected chi connectivity index (χ4v) is 4.11. The van der Waals surface area contributed by atoms with Gasteiger partial charge in [0.1, 0.15) is 17.2 Å². The molecule has 1 aromatic rings. The molecule has 1 N–H and O–H groups in total.